The van der Waals surface area contributed by atoms with Crippen LogP contribution in [0.5, 0.6) is 0 Å². The van der Waals surface area contributed by atoms with E-state index < -0.39 is 35.8 Å². The van der Waals surface area contributed by atoms with E-state index in [1.807, 2.05) is 13.8 Å². The minimum Gasteiger partial charge on any atom is -0.390 e. The standard InChI is InChI=1S/C14H19F3N2O2.C5H4F3N3/c1-8(2)12-13(21)10(20)5-6-19(12)11-4-3-9(7-18-11)14(15,16)17;6-5(7,8)3-1-10-2-4(9)11-3/h3-4,7-8,10,12-13,20-21H,5-6H2,1-2H3;1-2H,(H2,9,11). The van der Waals surface area contributed by atoms with E-state index in [0.717, 1.165) is 18.5 Å². The lowest BCUT2D eigenvalue weighted by Crippen LogP contribution is -2.57. The fraction of sp³-hybridized carbons (Fsp3) is 0.526. The van der Waals surface area contributed by atoms with Gasteiger partial charge in [-0.15, -0.1) is 0 Å². The number of alkyl halides is 6. The minimum absolute atomic E-state index is 0.0269. The van der Waals surface area contributed by atoms with Crippen LogP contribution in [0.4, 0.5) is 38.0 Å². The van der Waals surface area contributed by atoms with Crippen molar-refractivity contribution in [2.75, 3.05) is 17.2 Å². The summed E-state index contributed by atoms with van der Waals surface area (Å²) < 4.78 is 73.1. The van der Waals surface area contributed by atoms with Crippen molar-refractivity contribution in [1.29, 1.82) is 0 Å². The molecule has 1 fully saturated rings. The van der Waals surface area contributed by atoms with E-state index in [-0.39, 0.29) is 17.8 Å². The molecule has 0 amide bonds. The zero-order chi connectivity index (χ0) is 24.3. The van der Waals surface area contributed by atoms with Gasteiger partial charge < -0.3 is 20.8 Å². The Morgan fingerprint density at radius 1 is 1.03 bits per heavy atom. The number of anilines is 2. The Labute approximate surface area is 179 Å². The molecule has 32 heavy (non-hydrogen) atoms. The molecular formula is C19H23F6N5O2. The monoisotopic (exact) mass is 467 g/mol. The molecule has 4 N–H and O–H groups in total. The minimum atomic E-state index is -4.47. The number of hydrogen-bond donors (Lipinski definition) is 3. The lowest BCUT2D eigenvalue weighted by molar-refractivity contribution is -0.141. The van der Waals surface area contributed by atoms with E-state index >= 15 is 0 Å². The second-order valence-corrected chi connectivity index (χ2v) is 7.50. The molecule has 3 heterocycles. The van der Waals surface area contributed by atoms with E-state index in [1.54, 1.807) is 4.90 Å². The number of hydrogen-bond acceptors (Lipinski definition) is 7. The quantitative estimate of drug-likeness (QED) is 0.583. The van der Waals surface area contributed by atoms with Gasteiger partial charge in [-0.05, 0) is 24.5 Å². The van der Waals surface area contributed by atoms with Crippen LogP contribution in [0.25, 0.3) is 0 Å². The molecule has 0 spiro atoms. The van der Waals surface area contributed by atoms with Gasteiger partial charge in [-0.25, -0.2) is 9.97 Å². The number of nitrogens with two attached hydrogens (primary N) is 1. The van der Waals surface area contributed by atoms with E-state index in [9.17, 15) is 36.6 Å². The summed E-state index contributed by atoms with van der Waals surface area (Å²) in [5.74, 6) is 0.173. The Hall–Kier alpha value is -2.67. The molecule has 0 aromatic carbocycles. The average Bonchev–Trinajstić information content (AvgIpc) is 2.69. The first-order valence-corrected chi connectivity index (χ1v) is 9.52. The topological polar surface area (TPSA) is 108 Å². The van der Waals surface area contributed by atoms with Gasteiger partial charge in [0.05, 0.1) is 30.1 Å². The summed E-state index contributed by atoms with van der Waals surface area (Å²) in [5, 5.41) is 19.9. The number of nitrogens with zero attached hydrogens (tertiary/aromatic N) is 4. The van der Waals surface area contributed by atoms with E-state index in [2.05, 4.69) is 15.0 Å². The Morgan fingerprint density at radius 3 is 2.12 bits per heavy atom. The smallest absolute Gasteiger partial charge is 0.390 e. The van der Waals surface area contributed by atoms with Crippen molar-refractivity contribution < 1.29 is 36.6 Å². The number of aliphatic hydroxyl groups is 2. The first-order valence-electron chi connectivity index (χ1n) is 9.52. The van der Waals surface area contributed by atoms with Crippen molar-refractivity contribution in [3.8, 4) is 0 Å². The fourth-order valence-corrected chi connectivity index (χ4v) is 3.27. The summed E-state index contributed by atoms with van der Waals surface area (Å²) in [6.45, 7) is 4.23. The zero-order valence-corrected chi connectivity index (χ0v) is 17.1. The summed E-state index contributed by atoms with van der Waals surface area (Å²) in [6.07, 6.45) is -7.82. The van der Waals surface area contributed by atoms with Crippen molar-refractivity contribution in [1.82, 2.24) is 15.0 Å². The van der Waals surface area contributed by atoms with Crippen LogP contribution >= 0.6 is 0 Å². The lowest BCUT2D eigenvalue weighted by atomic mass is 9.88. The molecule has 178 valence electrons. The Bertz CT molecular complexity index is 876. The molecular weight excluding hydrogens is 444 g/mol. The summed E-state index contributed by atoms with van der Waals surface area (Å²) in [6, 6.07) is 1.91. The number of rotatable bonds is 2. The summed E-state index contributed by atoms with van der Waals surface area (Å²) in [4.78, 5) is 11.9. The molecule has 0 aliphatic carbocycles. The van der Waals surface area contributed by atoms with Crippen LogP contribution in [0, 0.1) is 5.92 Å². The first-order chi connectivity index (χ1) is 14.7. The van der Waals surface area contributed by atoms with Crippen LogP contribution < -0.4 is 10.6 Å². The molecule has 0 bridgehead atoms. The van der Waals surface area contributed by atoms with Crippen molar-refractivity contribution in [3.05, 3.63) is 42.0 Å². The maximum atomic E-state index is 12.6. The number of piperidine rings is 1. The Kier molecular flexibility index (Phi) is 7.88. The molecule has 0 radical (unpaired) electrons. The molecule has 3 unspecified atom stereocenters. The fourth-order valence-electron chi connectivity index (χ4n) is 3.27. The van der Waals surface area contributed by atoms with Gasteiger partial charge >= 0.3 is 12.4 Å². The van der Waals surface area contributed by atoms with E-state index in [1.165, 1.54) is 6.07 Å². The van der Waals surface area contributed by atoms with Gasteiger partial charge in [0.15, 0.2) is 5.69 Å². The summed E-state index contributed by atoms with van der Waals surface area (Å²) >= 11 is 0. The molecule has 3 atom stereocenters. The second kappa shape index (κ2) is 9.86. The van der Waals surface area contributed by atoms with Gasteiger partial charge in [-0.3, -0.25) is 4.98 Å². The van der Waals surface area contributed by atoms with E-state index in [0.29, 0.717) is 25.0 Å². The molecule has 0 saturated carbocycles. The third-order valence-electron chi connectivity index (χ3n) is 4.77. The molecule has 13 heteroatoms. The predicted octanol–water partition coefficient (Wildman–Crippen LogP) is 3.13. The molecule has 2 aromatic rings. The number of nitrogen functional groups attached to an aromatic ring is 1. The zero-order valence-electron chi connectivity index (χ0n) is 17.1. The second-order valence-electron chi connectivity index (χ2n) is 7.50. The van der Waals surface area contributed by atoms with Crippen LogP contribution in [0.1, 0.15) is 31.5 Å². The van der Waals surface area contributed by atoms with Crippen LogP contribution in [-0.2, 0) is 12.4 Å². The maximum Gasteiger partial charge on any atom is 0.434 e. The largest absolute Gasteiger partial charge is 0.434 e. The number of pyridine rings is 1. The van der Waals surface area contributed by atoms with E-state index in [4.69, 9.17) is 5.73 Å². The number of halogens is 6. The summed E-state index contributed by atoms with van der Waals surface area (Å²) in [5.41, 5.74) is 3.11. The van der Waals surface area contributed by atoms with Gasteiger partial charge in [0.1, 0.15) is 17.7 Å². The van der Waals surface area contributed by atoms with Crippen LogP contribution in [0.3, 0.4) is 0 Å². The third kappa shape index (κ3) is 6.42. The van der Waals surface area contributed by atoms with Crippen molar-refractivity contribution in [3.63, 3.8) is 0 Å². The van der Waals surface area contributed by atoms with Gasteiger partial charge in [0.2, 0.25) is 0 Å². The third-order valence-corrected chi connectivity index (χ3v) is 4.77. The van der Waals surface area contributed by atoms with Crippen LogP contribution in [0.15, 0.2) is 30.7 Å². The molecule has 1 saturated heterocycles. The Morgan fingerprint density at radius 2 is 1.69 bits per heavy atom. The van der Waals surface area contributed by atoms with Crippen LogP contribution in [-0.4, -0.2) is 50.0 Å². The molecule has 7 nitrogen and oxygen atoms in total. The van der Waals surface area contributed by atoms with Crippen molar-refractivity contribution >= 4 is 11.6 Å². The van der Waals surface area contributed by atoms with Crippen molar-refractivity contribution in [2.45, 2.75) is 50.9 Å². The van der Waals surface area contributed by atoms with Crippen molar-refractivity contribution in [2.24, 2.45) is 5.92 Å². The molecule has 1 aliphatic rings. The van der Waals surface area contributed by atoms with Crippen LogP contribution in [0.2, 0.25) is 0 Å². The highest BCUT2D eigenvalue weighted by atomic mass is 19.4. The highest BCUT2D eigenvalue weighted by molar-refractivity contribution is 5.42. The van der Waals surface area contributed by atoms with Gasteiger partial charge in [-0.1, -0.05) is 13.8 Å². The SMILES string of the molecule is CC(C)C1C(O)C(O)CCN1c1ccc(C(F)(F)F)cn1.Nc1cncc(C(F)(F)F)n1. The lowest BCUT2D eigenvalue weighted by Gasteiger charge is -2.44. The van der Waals surface area contributed by atoms with Gasteiger partial charge in [0.25, 0.3) is 0 Å². The predicted molar refractivity (Wildman–Crippen MR) is 103 cm³/mol. The normalized spacial score (nSPS) is 21.8. The molecule has 3 rings (SSSR count). The molecule has 1 aliphatic heterocycles. The highest BCUT2D eigenvalue weighted by Crippen LogP contribution is 2.32. The number of aliphatic hydroxyl groups excluding tert-OH is 2. The Balaban J connectivity index is 0.000000278. The highest BCUT2D eigenvalue weighted by Gasteiger charge is 2.39. The first kappa shape index (κ1) is 25.6. The van der Waals surface area contributed by atoms with Gasteiger partial charge in [0, 0.05) is 12.7 Å². The van der Waals surface area contributed by atoms with Gasteiger partial charge in [-0.2, -0.15) is 26.3 Å². The number of aromatic nitrogens is 3. The summed E-state index contributed by atoms with van der Waals surface area (Å²) in [7, 11) is 0. The molecule has 2 aromatic heterocycles. The average molecular weight is 467 g/mol. The maximum absolute atomic E-state index is 12.6.